The molecule has 12 heavy (non-hydrogen) atoms. The highest BCUT2D eigenvalue weighted by atomic mass is 16.5. The van der Waals surface area contributed by atoms with E-state index in [1.165, 1.54) is 0 Å². The standard InChI is InChI=1S/C10H18O2/c1-6-8(4)12-10(11)9(5)7(2)3/h8H,6H2,1-5H3. The first kappa shape index (κ1) is 11.2. The van der Waals surface area contributed by atoms with E-state index in [1.807, 2.05) is 27.7 Å². The minimum absolute atomic E-state index is 0.0202. The zero-order valence-electron chi connectivity index (χ0n) is 8.60. The molecule has 2 heteroatoms. The van der Waals surface area contributed by atoms with Gasteiger partial charge < -0.3 is 4.74 Å². The van der Waals surface area contributed by atoms with E-state index in [-0.39, 0.29) is 12.1 Å². The highest BCUT2D eigenvalue weighted by Gasteiger charge is 2.10. The van der Waals surface area contributed by atoms with E-state index in [1.54, 1.807) is 6.92 Å². The number of hydrogen-bond donors (Lipinski definition) is 0. The molecule has 1 atom stereocenters. The molecule has 70 valence electrons. The number of ether oxygens (including phenoxy) is 1. The molecule has 0 rings (SSSR count). The third-order valence-corrected chi connectivity index (χ3v) is 1.94. The zero-order chi connectivity index (χ0) is 9.72. The van der Waals surface area contributed by atoms with Gasteiger partial charge in [0.25, 0.3) is 0 Å². The van der Waals surface area contributed by atoms with Crippen LogP contribution in [-0.4, -0.2) is 12.1 Å². The van der Waals surface area contributed by atoms with Gasteiger partial charge in [-0.25, -0.2) is 4.79 Å². The first-order chi connectivity index (χ1) is 5.49. The molecular weight excluding hydrogens is 152 g/mol. The highest BCUT2D eigenvalue weighted by Crippen LogP contribution is 2.07. The summed E-state index contributed by atoms with van der Waals surface area (Å²) in [5.41, 5.74) is 1.73. The van der Waals surface area contributed by atoms with Crippen LogP contribution in [0.3, 0.4) is 0 Å². The molecule has 0 aromatic carbocycles. The predicted octanol–water partition coefficient (Wildman–Crippen LogP) is 2.68. The van der Waals surface area contributed by atoms with Gasteiger partial charge in [-0.05, 0) is 34.1 Å². The highest BCUT2D eigenvalue weighted by molar-refractivity contribution is 5.88. The smallest absolute Gasteiger partial charge is 0.333 e. The number of allylic oxidation sites excluding steroid dienone is 1. The Bertz CT molecular complexity index is 188. The van der Waals surface area contributed by atoms with Crippen molar-refractivity contribution in [2.75, 3.05) is 0 Å². The second-order valence-corrected chi connectivity index (χ2v) is 3.25. The number of rotatable bonds is 3. The lowest BCUT2D eigenvalue weighted by molar-refractivity contribution is -0.143. The fourth-order valence-electron chi connectivity index (χ4n) is 0.559. The van der Waals surface area contributed by atoms with Crippen molar-refractivity contribution in [3.63, 3.8) is 0 Å². The molecule has 0 aliphatic carbocycles. The zero-order valence-corrected chi connectivity index (χ0v) is 8.60. The van der Waals surface area contributed by atoms with Gasteiger partial charge in [0.05, 0.1) is 6.10 Å². The molecule has 1 unspecified atom stereocenters. The summed E-state index contributed by atoms with van der Waals surface area (Å²) in [7, 11) is 0. The Balaban J connectivity index is 4.15. The van der Waals surface area contributed by atoms with Crippen molar-refractivity contribution < 1.29 is 9.53 Å². The van der Waals surface area contributed by atoms with Gasteiger partial charge >= 0.3 is 5.97 Å². The SMILES string of the molecule is CCC(C)OC(=O)C(C)=C(C)C. The molecule has 0 bridgehead atoms. The van der Waals surface area contributed by atoms with Crippen molar-refractivity contribution in [2.24, 2.45) is 0 Å². The Morgan fingerprint density at radius 1 is 1.33 bits per heavy atom. The van der Waals surface area contributed by atoms with Crippen LogP contribution in [0.2, 0.25) is 0 Å². The van der Waals surface area contributed by atoms with Gasteiger partial charge in [0.1, 0.15) is 0 Å². The van der Waals surface area contributed by atoms with Gasteiger partial charge in [-0.3, -0.25) is 0 Å². The average molecular weight is 170 g/mol. The van der Waals surface area contributed by atoms with Crippen molar-refractivity contribution in [1.82, 2.24) is 0 Å². The van der Waals surface area contributed by atoms with Gasteiger partial charge in [0.15, 0.2) is 0 Å². The van der Waals surface area contributed by atoms with E-state index in [2.05, 4.69) is 0 Å². The van der Waals surface area contributed by atoms with Crippen LogP contribution in [0.25, 0.3) is 0 Å². The maximum Gasteiger partial charge on any atom is 0.333 e. The van der Waals surface area contributed by atoms with Crippen LogP contribution in [0.5, 0.6) is 0 Å². The molecule has 0 fully saturated rings. The van der Waals surface area contributed by atoms with E-state index in [9.17, 15) is 4.79 Å². The molecule has 0 saturated heterocycles. The lowest BCUT2D eigenvalue weighted by Gasteiger charge is -2.11. The largest absolute Gasteiger partial charge is 0.459 e. The van der Waals surface area contributed by atoms with E-state index in [0.29, 0.717) is 0 Å². The monoisotopic (exact) mass is 170 g/mol. The van der Waals surface area contributed by atoms with Crippen LogP contribution < -0.4 is 0 Å². The third-order valence-electron chi connectivity index (χ3n) is 1.94. The van der Waals surface area contributed by atoms with E-state index in [4.69, 9.17) is 4.74 Å². The fourth-order valence-corrected chi connectivity index (χ4v) is 0.559. The number of carbonyl (C=O) groups excluding carboxylic acids is 1. The van der Waals surface area contributed by atoms with E-state index >= 15 is 0 Å². The molecule has 0 aliphatic rings. The molecule has 0 aliphatic heterocycles. The van der Waals surface area contributed by atoms with Crippen LogP contribution in [-0.2, 0) is 9.53 Å². The van der Waals surface area contributed by atoms with Crippen LogP contribution in [0.4, 0.5) is 0 Å². The maximum atomic E-state index is 11.3. The molecule has 0 amide bonds. The number of carbonyl (C=O) groups is 1. The van der Waals surface area contributed by atoms with Crippen molar-refractivity contribution in [1.29, 1.82) is 0 Å². The minimum atomic E-state index is -0.190. The molecule has 0 N–H and O–H groups in total. The average Bonchev–Trinajstić information content (AvgIpc) is 2.02. The third kappa shape index (κ3) is 3.56. The Morgan fingerprint density at radius 2 is 1.83 bits per heavy atom. The van der Waals surface area contributed by atoms with Crippen molar-refractivity contribution in [2.45, 2.75) is 47.1 Å². The minimum Gasteiger partial charge on any atom is -0.459 e. The Morgan fingerprint density at radius 3 is 2.17 bits per heavy atom. The summed E-state index contributed by atoms with van der Waals surface area (Å²) in [4.78, 5) is 11.3. The molecule has 0 aromatic heterocycles. The second kappa shape index (κ2) is 4.96. The Labute approximate surface area is 74.6 Å². The van der Waals surface area contributed by atoms with Crippen LogP contribution in [0, 0.1) is 0 Å². The topological polar surface area (TPSA) is 26.3 Å². The molecule has 2 nitrogen and oxygen atoms in total. The van der Waals surface area contributed by atoms with Crippen molar-refractivity contribution >= 4 is 5.97 Å². The first-order valence-corrected chi connectivity index (χ1v) is 4.34. The lowest BCUT2D eigenvalue weighted by Crippen LogP contribution is -2.15. The first-order valence-electron chi connectivity index (χ1n) is 4.34. The van der Waals surface area contributed by atoms with Gasteiger partial charge in [-0.2, -0.15) is 0 Å². The summed E-state index contributed by atoms with van der Waals surface area (Å²) >= 11 is 0. The Hall–Kier alpha value is -0.790. The van der Waals surface area contributed by atoms with Gasteiger partial charge in [-0.15, -0.1) is 0 Å². The summed E-state index contributed by atoms with van der Waals surface area (Å²) in [6.45, 7) is 9.51. The molecule has 0 radical (unpaired) electrons. The van der Waals surface area contributed by atoms with E-state index < -0.39 is 0 Å². The van der Waals surface area contributed by atoms with Gasteiger partial charge in [-0.1, -0.05) is 12.5 Å². The molecule has 0 spiro atoms. The summed E-state index contributed by atoms with van der Waals surface area (Å²) in [5, 5.41) is 0. The fraction of sp³-hybridized carbons (Fsp3) is 0.700. The van der Waals surface area contributed by atoms with Gasteiger partial charge in [0, 0.05) is 5.57 Å². The number of hydrogen-bond acceptors (Lipinski definition) is 2. The predicted molar refractivity (Wildman–Crippen MR) is 49.9 cm³/mol. The summed E-state index contributed by atoms with van der Waals surface area (Å²) in [6, 6.07) is 0. The van der Waals surface area contributed by atoms with Crippen molar-refractivity contribution in [3.8, 4) is 0 Å². The Kier molecular flexibility index (Phi) is 4.64. The van der Waals surface area contributed by atoms with Crippen molar-refractivity contribution in [3.05, 3.63) is 11.1 Å². The molecule has 0 saturated carbocycles. The van der Waals surface area contributed by atoms with E-state index in [0.717, 1.165) is 17.6 Å². The summed E-state index contributed by atoms with van der Waals surface area (Å²) in [5.74, 6) is -0.190. The molecular formula is C10H18O2. The molecule has 0 aromatic rings. The lowest BCUT2D eigenvalue weighted by atomic mass is 10.2. The molecule has 0 heterocycles. The van der Waals surface area contributed by atoms with Crippen LogP contribution >= 0.6 is 0 Å². The van der Waals surface area contributed by atoms with Crippen LogP contribution in [0.15, 0.2) is 11.1 Å². The normalized spacial score (nSPS) is 12.1. The second-order valence-electron chi connectivity index (χ2n) is 3.25. The maximum absolute atomic E-state index is 11.3. The van der Waals surface area contributed by atoms with Gasteiger partial charge in [0.2, 0.25) is 0 Å². The quantitative estimate of drug-likeness (QED) is 0.481. The summed E-state index contributed by atoms with van der Waals surface area (Å²) in [6.07, 6.45) is 0.883. The number of esters is 1. The van der Waals surface area contributed by atoms with Crippen LogP contribution in [0.1, 0.15) is 41.0 Å². The summed E-state index contributed by atoms with van der Waals surface area (Å²) < 4.78 is 5.13.